The minimum absolute atomic E-state index is 0.0831. The van der Waals surface area contributed by atoms with Gasteiger partial charge in [-0.3, -0.25) is 37.3 Å². The second-order valence-electron chi connectivity index (χ2n) is 27.1. The lowest BCUT2D eigenvalue weighted by molar-refractivity contribution is -0.161. The molecule has 0 amide bonds. The highest BCUT2D eigenvalue weighted by atomic mass is 31.2. The van der Waals surface area contributed by atoms with Gasteiger partial charge in [0.15, 0.2) is 12.2 Å². The summed E-state index contributed by atoms with van der Waals surface area (Å²) >= 11 is 0. The van der Waals surface area contributed by atoms with Gasteiger partial charge in [0.1, 0.15) is 19.3 Å². The molecule has 0 aliphatic rings. The van der Waals surface area contributed by atoms with E-state index >= 15 is 0 Å². The van der Waals surface area contributed by atoms with Crippen molar-refractivity contribution >= 4 is 39.5 Å². The highest BCUT2D eigenvalue weighted by Crippen LogP contribution is 2.45. The van der Waals surface area contributed by atoms with Crippen molar-refractivity contribution in [3.63, 3.8) is 0 Å². The third kappa shape index (κ3) is 71.4. The smallest absolute Gasteiger partial charge is 0.462 e. The number of allylic oxidation sites excluding steroid dienone is 8. The molecule has 0 aromatic heterocycles. The fourth-order valence-electron chi connectivity index (χ4n) is 11.2. The van der Waals surface area contributed by atoms with Crippen LogP contribution in [0.5, 0.6) is 0 Å². The first-order valence-electron chi connectivity index (χ1n) is 39.9. The molecule has 0 heterocycles. The summed E-state index contributed by atoms with van der Waals surface area (Å²) in [5.41, 5.74) is 0. The average Bonchev–Trinajstić information content (AvgIpc) is 1.06. The van der Waals surface area contributed by atoms with Crippen LogP contribution in [0.1, 0.15) is 374 Å². The quantitative estimate of drug-likeness (QED) is 0.0169. The lowest BCUT2D eigenvalue weighted by Crippen LogP contribution is -2.30. The van der Waals surface area contributed by atoms with Gasteiger partial charge in [0.05, 0.1) is 26.4 Å². The van der Waals surface area contributed by atoms with E-state index in [9.17, 15) is 43.2 Å². The molecule has 0 aromatic carbocycles. The Labute approximate surface area is 597 Å². The molecule has 19 heteroatoms. The van der Waals surface area contributed by atoms with E-state index in [1.54, 1.807) is 0 Å². The number of phosphoric ester groups is 2. The van der Waals surface area contributed by atoms with Crippen molar-refractivity contribution in [1.29, 1.82) is 0 Å². The molecule has 2 unspecified atom stereocenters. The Morgan fingerprint density at radius 2 is 0.490 bits per heavy atom. The maximum Gasteiger partial charge on any atom is 0.472 e. The molecule has 5 atom stereocenters. The van der Waals surface area contributed by atoms with Gasteiger partial charge in [0, 0.05) is 25.7 Å². The summed E-state index contributed by atoms with van der Waals surface area (Å²) in [7, 11) is -9.94. The van der Waals surface area contributed by atoms with Crippen molar-refractivity contribution in [3.8, 4) is 0 Å². The van der Waals surface area contributed by atoms with E-state index in [2.05, 4.69) is 76.3 Å². The molecule has 0 bridgehead atoms. The zero-order chi connectivity index (χ0) is 71.8. The van der Waals surface area contributed by atoms with Crippen LogP contribution in [0, 0.1) is 0 Å². The first-order chi connectivity index (χ1) is 47.7. The molecular weight excluding hydrogens is 1280 g/mol. The number of carbonyl (C=O) groups is 4. The lowest BCUT2D eigenvalue weighted by atomic mass is 10.0. The van der Waals surface area contributed by atoms with Crippen molar-refractivity contribution in [2.75, 3.05) is 39.6 Å². The Balaban J connectivity index is 5.28. The van der Waals surface area contributed by atoms with Gasteiger partial charge < -0.3 is 33.8 Å². The van der Waals surface area contributed by atoms with Crippen LogP contribution >= 0.6 is 15.6 Å². The highest BCUT2D eigenvalue weighted by Gasteiger charge is 2.30. The van der Waals surface area contributed by atoms with E-state index in [-0.39, 0.29) is 25.7 Å². The van der Waals surface area contributed by atoms with Crippen LogP contribution in [0.15, 0.2) is 48.6 Å². The average molecular weight is 1430 g/mol. The Morgan fingerprint density at radius 1 is 0.286 bits per heavy atom. The summed E-state index contributed by atoms with van der Waals surface area (Å²) in [6.07, 6.45) is 69.6. The molecule has 0 fully saturated rings. The van der Waals surface area contributed by atoms with Gasteiger partial charge in [0.25, 0.3) is 0 Å². The SMILES string of the molecule is CCCCCC/C=C\C=C/CCCCCCCC(=O)OC[C@H](COP(=O)(O)OC[C@@H](O)COP(=O)(O)OC[C@@H](COC(=O)CCCCCCCCCCC)OC(=O)CCCCCCC/C=C\C=C/CCCCCC)OC(=O)CCCCCCCCCCCCCCCCCCCCC. The predicted octanol–water partition coefficient (Wildman–Crippen LogP) is 22.9. The zero-order valence-corrected chi connectivity index (χ0v) is 64.5. The molecule has 0 aromatic rings. The van der Waals surface area contributed by atoms with E-state index in [4.69, 9.17) is 37.0 Å². The number of phosphoric acid groups is 2. The fraction of sp³-hybridized carbons (Fsp3) is 0.848. The normalized spacial score (nSPS) is 14.2. The number of ether oxygens (including phenoxy) is 4. The number of aliphatic hydroxyl groups excluding tert-OH is 1. The van der Waals surface area contributed by atoms with Crippen LogP contribution in [0.25, 0.3) is 0 Å². The fourth-order valence-corrected chi connectivity index (χ4v) is 12.8. The predicted molar refractivity (Wildman–Crippen MR) is 400 cm³/mol. The molecule has 0 saturated carbocycles. The summed E-state index contributed by atoms with van der Waals surface area (Å²) in [5.74, 6) is -2.17. The van der Waals surface area contributed by atoms with Crippen LogP contribution < -0.4 is 0 Å². The van der Waals surface area contributed by atoms with E-state index < -0.39 is 97.5 Å². The van der Waals surface area contributed by atoms with E-state index in [0.29, 0.717) is 25.7 Å². The number of hydrogen-bond donors (Lipinski definition) is 3. The molecule has 574 valence electrons. The molecule has 3 N–H and O–H groups in total. The molecule has 0 rings (SSSR count). The summed E-state index contributed by atoms with van der Waals surface area (Å²) < 4.78 is 68.5. The van der Waals surface area contributed by atoms with Crippen LogP contribution in [-0.4, -0.2) is 96.7 Å². The third-order valence-corrected chi connectivity index (χ3v) is 19.3. The number of esters is 4. The van der Waals surface area contributed by atoms with Gasteiger partial charge in [-0.2, -0.15) is 0 Å². The molecule has 0 radical (unpaired) electrons. The minimum Gasteiger partial charge on any atom is -0.462 e. The monoisotopic (exact) mass is 1430 g/mol. The van der Waals surface area contributed by atoms with Gasteiger partial charge >= 0.3 is 39.5 Å². The maximum atomic E-state index is 13.1. The van der Waals surface area contributed by atoms with Crippen molar-refractivity contribution in [1.82, 2.24) is 0 Å². The Morgan fingerprint density at radius 3 is 0.745 bits per heavy atom. The van der Waals surface area contributed by atoms with Gasteiger partial charge in [0.2, 0.25) is 0 Å². The van der Waals surface area contributed by atoms with Crippen molar-refractivity contribution in [3.05, 3.63) is 48.6 Å². The summed E-state index contributed by atoms with van der Waals surface area (Å²) in [6, 6.07) is 0. The van der Waals surface area contributed by atoms with Crippen LogP contribution in [0.3, 0.4) is 0 Å². The van der Waals surface area contributed by atoms with E-state index in [0.717, 1.165) is 122 Å². The molecule has 0 aliphatic carbocycles. The maximum absolute atomic E-state index is 13.1. The van der Waals surface area contributed by atoms with Crippen molar-refractivity contribution < 1.29 is 80.2 Å². The van der Waals surface area contributed by atoms with Gasteiger partial charge in [-0.1, -0.05) is 320 Å². The summed E-state index contributed by atoms with van der Waals surface area (Å²) in [6.45, 7) is 4.86. The first kappa shape index (κ1) is 95.0. The second kappa shape index (κ2) is 72.4. The van der Waals surface area contributed by atoms with E-state index in [1.807, 2.05) is 0 Å². The Kier molecular flexibility index (Phi) is 70.2. The summed E-state index contributed by atoms with van der Waals surface area (Å²) in [4.78, 5) is 72.8. The standard InChI is InChI=1S/C79H146O17P2/c1-5-9-13-17-21-25-28-31-34-35-36-37-40-43-46-50-54-58-62-66-79(84)96-75(70-90-77(82)64-60-56-52-48-44-41-38-32-29-26-22-18-14-10-6-2)72-94-98(87,88)92-68-73(80)67-91-97(85,86)93-71-74(69-89-76(81)63-59-55-51-47-24-20-16-12-8-4)95-78(83)65-61-57-53-49-45-42-39-33-30-27-23-19-15-11-7-3/h26-27,29-30,32-33,38-39,73-75,80H,5-25,28,31,34-37,40-72H2,1-4H3,(H,85,86)(H,87,88)/b29-26-,30-27-,38-32-,39-33-/t73-,74+,75+/m0/s1. The molecule has 0 aliphatic heterocycles. The summed E-state index contributed by atoms with van der Waals surface area (Å²) in [5, 5.41) is 10.6. The number of rotatable bonds is 76. The van der Waals surface area contributed by atoms with Crippen LogP contribution in [0.2, 0.25) is 0 Å². The zero-order valence-electron chi connectivity index (χ0n) is 62.7. The number of carbonyl (C=O) groups excluding carboxylic acids is 4. The minimum atomic E-state index is -4.97. The Hall–Kier alpha value is -2.98. The molecule has 98 heavy (non-hydrogen) atoms. The molecular formula is C79H146O17P2. The highest BCUT2D eigenvalue weighted by molar-refractivity contribution is 7.47. The molecule has 17 nitrogen and oxygen atoms in total. The first-order valence-corrected chi connectivity index (χ1v) is 42.9. The number of hydrogen-bond acceptors (Lipinski definition) is 15. The van der Waals surface area contributed by atoms with Gasteiger partial charge in [-0.15, -0.1) is 0 Å². The topological polar surface area (TPSA) is 237 Å². The van der Waals surface area contributed by atoms with Crippen molar-refractivity contribution in [2.24, 2.45) is 0 Å². The Bertz CT molecular complexity index is 2050. The number of unbranched alkanes of at least 4 members (excludes halogenated alkanes) is 44. The molecule has 0 spiro atoms. The second-order valence-corrected chi connectivity index (χ2v) is 30.0. The van der Waals surface area contributed by atoms with Crippen LogP contribution in [-0.2, 0) is 65.4 Å². The number of aliphatic hydroxyl groups is 1. The van der Waals surface area contributed by atoms with Gasteiger partial charge in [-0.25, -0.2) is 9.13 Å². The van der Waals surface area contributed by atoms with Gasteiger partial charge in [-0.05, 0) is 77.0 Å². The largest absolute Gasteiger partial charge is 0.472 e. The lowest BCUT2D eigenvalue weighted by Gasteiger charge is -2.21. The van der Waals surface area contributed by atoms with E-state index in [1.165, 1.54) is 173 Å². The van der Waals surface area contributed by atoms with Crippen molar-refractivity contribution in [2.45, 2.75) is 393 Å². The third-order valence-electron chi connectivity index (χ3n) is 17.4. The molecule has 0 saturated heterocycles. The van der Waals surface area contributed by atoms with Crippen LogP contribution in [0.4, 0.5) is 0 Å².